The SMILES string of the molecule is O=C(O)N1CCC2(CCN(c3ccc4[nH]nc(C5CC5)c4c3)C2=O)C1. The molecule has 130 valence electrons. The number of nitrogens with zero attached hydrogens (tertiary/aromatic N) is 3. The van der Waals surface area contributed by atoms with Gasteiger partial charge in [-0.05, 0) is 43.9 Å². The van der Waals surface area contributed by atoms with Crippen LogP contribution in [0, 0.1) is 5.41 Å². The van der Waals surface area contributed by atoms with Gasteiger partial charge in [0.05, 0.1) is 16.6 Å². The first-order chi connectivity index (χ1) is 12.1. The second-order valence-corrected chi connectivity index (χ2v) is 7.55. The standard InChI is InChI=1S/C18H20N4O3/c23-16-18(5-7-21(10-18)17(24)25)6-8-22(16)12-3-4-14-13(9-12)15(20-19-14)11-1-2-11/h3-4,9,11H,1-2,5-8,10H2,(H,19,20)(H,24,25). The lowest BCUT2D eigenvalue weighted by Crippen LogP contribution is -2.38. The first-order valence-electron chi connectivity index (χ1n) is 8.85. The van der Waals surface area contributed by atoms with Crippen molar-refractivity contribution >= 4 is 28.6 Å². The third kappa shape index (κ3) is 2.14. The van der Waals surface area contributed by atoms with Crippen molar-refractivity contribution in [1.29, 1.82) is 0 Å². The van der Waals surface area contributed by atoms with Gasteiger partial charge < -0.3 is 14.9 Å². The molecule has 1 spiro atoms. The Bertz CT molecular complexity index is 888. The number of rotatable bonds is 2. The fourth-order valence-corrected chi connectivity index (χ4v) is 4.34. The first kappa shape index (κ1) is 14.7. The molecule has 1 atom stereocenters. The van der Waals surface area contributed by atoms with E-state index in [-0.39, 0.29) is 5.91 Å². The number of aromatic nitrogens is 2. The summed E-state index contributed by atoms with van der Waals surface area (Å²) in [5, 5.41) is 17.8. The Kier molecular flexibility index (Phi) is 2.93. The summed E-state index contributed by atoms with van der Waals surface area (Å²) in [6.45, 7) is 1.41. The van der Waals surface area contributed by atoms with Gasteiger partial charge in [0.1, 0.15) is 0 Å². The third-order valence-corrected chi connectivity index (χ3v) is 5.99. The maximum Gasteiger partial charge on any atom is 0.407 e. The van der Waals surface area contributed by atoms with Crippen molar-refractivity contribution < 1.29 is 14.7 Å². The highest BCUT2D eigenvalue weighted by atomic mass is 16.4. The van der Waals surface area contributed by atoms with Gasteiger partial charge in [-0.2, -0.15) is 5.10 Å². The van der Waals surface area contributed by atoms with Crippen LogP contribution >= 0.6 is 0 Å². The van der Waals surface area contributed by atoms with E-state index in [4.69, 9.17) is 0 Å². The second kappa shape index (κ2) is 4.97. The van der Waals surface area contributed by atoms with Gasteiger partial charge in [-0.15, -0.1) is 0 Å². The number of anilines is 1. The lowest BCUT2D eigenvalue weighted by Gasteiger charge is -2.23. The number of carboxylic acid groups (broad SMARTS) is 1. The number of H-pyrrole nitrogens is 1. The summed E-state index contributed by atoms with van der Waals surface area (Å²) in [5.41, 5.74) is 2.47. The quantitative estimate of drug-likeness (QED) is 0.879. The normalized spacial score (nSPS) is 26.3. The van der Waals surface area contributed by atoms with Crippen LogP contribution in [-0.2, 0) is 4.79 Å². The minimum atomic E-state index is -0.933. The largest absolute Gasteiger partial charge is 0.465 e. The molecular weight excluding hydrogens is 320 g/mol. The second-order valence-electron chi connectivity index (χ2n) is 7.55. The third-order valence-electron chi connectivity index (χ3n) is 5.99. The number of benzene rings is 1. The van der Waals surface area contributed by atoms with Gasteiger partial charge >= 0.3 is 6.09 Å². The van der Waals surface area contributed by atoms with E-state index in [1.165, 1.54) is 17.7 Å². The van der Waals surface area contributed by atoms with Crippen LogP contribution in [0.1, 0.15) is 37.3 Å². The van der Waals surface area contributed by atoms with Gasteiger partial charge in [-0.3, -0.25) is 9.89 Å². The summed E-state index contributed by atoms with van der Waals surface area (Å²) in [7, 11) is 0. The van der Waals surface area contributed by atoms with E-state index in [9.17, 15) is 14.7 Å². The molecule has 2 amide bonds. The molecule has 2 N–H and O–H groups in total. The number of amides is 2. The van der Waals surface area contributed by atoms with Crippen molar-refractivity contribution in [1.82, 2.24) is 15.1 Å². The maximum absolute atomic E-state index is 13.1. The maximum atomic E-state index is 13.1. The number of carbonyl (C=O) groups is 2. The molecule has 1 aromatic carbocycles. The average Bonchev–Trinajstić information content (AvgIpc) is 3.09. The highest BCUT2D eigenvalue weighted by Gasteiger charge is 2.52. The van der Waals surface area contributed by atoms with Gasteiger partial charge in [-0.1, -0.05) is 0 Å². The summed E-state index contributed by atoms with van der Waals surface area (Å²) in [6.07, 6.45) is 2.77. The number of aromatic amines is 1. The Morgan fingerprint density at radius 3 is 2.80 bits per heavy atom. The summed E-state index contributed by atoms with van der Waals surface area (Å²) in [5.74, 6) is 0.607. The van der Waals surface area contributed by atoms with Gasteiger partial charge in [-0.25, -0.2) is 4.79 Å². The molecule has 1 aliphatic carbocycles. The van der Waals surface area contributed by atoms with Crippen LogP contribution in [0.2, 0.25) is 0 Å². The smallest absolute Gasteiger partial charge is 0.407 e. The van der Waals surface area contributed by atoms with Gasteiger partial charge in [0.25, 0.3) is 0 Å². The van der Waals surface area contributed by atoms with Crippen LogP contribution in [0.5, 0.6) is 0 Å². The predicted octanol–water partition coefficient (Wildman–Crippen LogP) is 2.55. The molecule has 5 rings (SSSR count). The van der Waals surface area contributed by atoms with Gasteiger partial charge in [0.15, 0.2) is 0 Å². The molecule has 2 aliphatic heterocycles. The van der Waals surface area contributed by atoms with Crippen LogP contribution in [0.3, 0.4) is 0 Å². The Morgan fingerprint density at radius 2 is 2.08 bits per heavy atom. The van der Waals surface area contributed by atoms with E-state index in [0.29, 0.717) is 38.4 Å². The summed E-state index contributed by atoms with van der Waals surface area (Å²) < 4.78 is 0. The summed E-state index contributed by atoms with van der Waals surface area (Å²) in [4.78, 5) is 27.5. The minimum absolute atomic E-state index is 0.0621. The summed E-state index contributed by atoms with van der Waals surface area (Å²) >= 11 is 0. The van der Waals surface area contributed by atoms with Crippen molar-refractivity contribution in [2.24, 2.45) is 5.41 Å². The van der Waals surface area contributed by atoms with E-state index in [2.05, 4.69) is 16.3 Å². The monoisotopic (exact) mass is 340 g/mol. The molecular formula is C18H20N4O3. The van der Waals surface area contributed by atoms with E-state index in [0.717, 1.165) is 22.3 Å². The molecule has 2 saturated heterocycles. The molecule has 3 aliphatic rings. The molecule has 7 heteroatoms. The Balaban J connectivity index is 1.46. The molecule has 1 aromatic heterocycles. The number of carbonyl (C=O) groups excluding carboxylic acids is 1. The highest BCUT2D eigenvalue weighted by Crippen LogP contribution is 2.45. The van der Waals surface area contributed by atoms with Gasteiger partial charge in [0.2, 0.25) is 5.91 Å². The van der Waals surface area contributed by atoms with E-state index in [1.807, 2.05) is 17.0 Å². The van der Waals surface area contributed by atoms with E-state index >= 15 is 0 Å². The van der Waals surface area contributed by atoms with Crippen molar-refractivity contribution in [3.63, 3.8) is 0 Å². The molecule has 7 nitrogen and oxygen atoms in total. The lowest BCUT2D eigenvalue weighted by molar-refractivity contribution is -0.124. The van der Waals surface area contributed by atoms with Crippen LogP contribution < -0.4 is 4.90 Å². The first-order valence-corrected chi connectivity index (χ1v) is 8.85. The predicted molar refractivity (Wildman–Crippen MR) is 91.7 cm³/mol. The molecule has 25 heavy (non-hydrogen) atoms. The van der Waals surface area contributed by atoms with Crippen LogP contribution in [0.25, 0.3) is 10.9 Å². The summed E-state index contributed by atoms with van der Waals surface area (Å²) in [6, 6.07) is 6.01. The molecule has 3 heterocycles. The van der Waals surface area contributed by atoms with E-state index < -0.39 is 11.5 Å². The molecule has 1 unspecified atom stereocenters. The Labute approximate surface area is 144 Å². The van der Waals surface area contributed by atoms with Crippen molar-refractivity contribution in [2.45, 2.75) is 31.6 Å². The van der Waals surface area contributed by atoms with E-state index in [1.54, 1.807) is 0 Å². The topological polar surface area (TPSA) is 89.5 Å². The lowest BCUT2D eigenvalue weighted by atomic mass is 9.85. The number of hydrogen-bond acceptors (Lipinski definition) is 3. The molecule has 3 fully saturated rings. The number of nitrogens with one attached hydrogen (secondary N) is 1. The zero-order chi connectivity index (χ0) is 17.2. The number of likely N-dealkylation sites (tertiary alicyclic amines) is 1. The fourth-order valence-electron chi connectivity index (χ4n) is 4.34. The number of fused-ring (bicyclic) bond motifs is 1. The fraction of sp³-hybridized carbons (Fsp3) is 0.500. The minimum Gasteiger partial charge on any atom is -0.465 e. The molecule has 2 aromatic rings. The van der Waals surface area contributed by atoms with Crippen molar-refractivity contribution in [2.75, 3.05) is 24.5 Å². The van der Waals surface area contributed by atoms with Crippen molar-refractivity contribution in [3.8, 4) is 0 Å². The molecule has 1 saturated carbocycles. The van der Waals surface area contributed by atoms with Gasteiger partial charge in [0, 0.05) is 36.6 Å². The zero-order valence-electron chi connectivity index (χ0n) is 13.9. The Morgan fingerprint density at radius 1 is 1.28 bits per heavy atom. The zero-order valence-corrected chi connectivity index (χ0v) is 13.9. The highest BCUT2D eigenvalue weighted by molar-refractivity contribution is 6.02. The Hall–Kier alpha value is -2.57. The average molecular weight is 340 g/mol. The van der Waals surface area contributed by atoms with Crippen LogP contribution in [-0.4, -0.2) is 51.8 Å². The number of hydrogen-bond donors (Lipinski definition) is 2. The molecule has 0 radical (unpaired) electrons. The van der Waals surface area contributed by atoms with Crippen molar-refractivity contribution in [3.05, 3.63) is 23.9 Å². The van der Waals surface area contributed by atoms with Crippen LogP contribution in [0.15, 0.2) is 18.2 Å². The van der Waals surface area contributed by atoms with Crippen LogP contribution in [0.4, 0.5) is 10.5 Å². The molecule has 0 bridgehead atoms.